The maximum atomic E-state index is 11.9. The van der Waals surface area contributed by atoms with Gasteiger partial charge in [0.2, 0.25) is 0 Å². The molecule has 0 aromatic carbocycles. The minimum Gasteiger partial charge on any atom is -0.467 e. The number of amides is 1. The smallest absolute Gasteiger partial charge is 0.306 e. The van der Waals surface area contributed by atoms with E-state index in [9.17, 15) is 9.59 Å². The maximum absolute atomic E-state index is 11.9. The van der Waals surface area contributed by atoms with Gasteiger partial charge in [0.15, 0.2) is 11.8 Å². The third-order valence-electron chi connectivity index (χ3n) is 3.87. The van der Waals surface area contributed by atoms with E-state index in [1.54, 1.807) is 19.1 Å². The van der Waals surface area contributed by atoms with Crippen molar-refractivity contribution in [1.82, 2.24) is 15.3 Å². The number of hydrogen-bond acceptors (Lipinski definition) is 7. The molecule has 2 rings (SSSR count). The normalized spacial score (nSPS) is 11.8. The number of hydrogen-bond donors (Lipinski definition) is 1. The minimum atomic E-state index is -0.432. The number of thioether (sulfide) groups is 1. The molecule has 8 heteroatoms. The van der Waals surface area contributed by atoms with Gasteiger partial charge in [0.1, 0.15) is 5.76 Å². The van der Waals surface area contributed by atoms with Crippen LogP contribution >= 0.6 is 11.8 Å². The second-order valence-corrected chi connectivity index (χ2v) is 6.60. The Balaban J connectivity index is 1.78. The Labute approximate surface area is 156 Å². The first kappa shape index (κ1) is 20.0. The fourth-order valence-corrected chi connectivity index (χ4v) is 2.96. The Hall–Kier alpha value is -2.35. The fourth-order valence-electron chi connectivity index (χ4n) is 2.50. The monoisotopic (exact) mass is 377 g/mol. The summed E-state index contributed by atoms with van der Waals surface area (Å²) in [6.45, 7) is 5.28. The van der Waals surface area contributed by atoms with Crippen LogP contribution in [0.1, 0.15) is 42.1 Å². The molecule has 7 nitrogen and oxygen atoms in total. The predicted octanol–water partition coefficient (Wildman–Crippen LogP) is 2.76. The van der Waals surface area contributed by atoms with Gasteiger partial charge in [-0.1, -0.05) is 11.8 Å². The van der Waals surface area contributed by atoms with E-state index in [0.29, 0.717) is 17.3 Å². The zero-order valence-electron chi connectivity index (χ0n) is 15.4. The van der Waals surface area contributed by atoms with Crippen molar-refractivity contribution in [1.29, 1.82) is 0 Å². The summed E-state index contributed by atoms with van der Waals surface area (Å²) in [5.74, 6) is -0.162. The Morgan fingerprint density at radius 2 is 2.00 bits per heavy atom. The highest BCUT2D eigenvalue weighted by atomic mass is 32.2. The third kappa shape index (κ3) is 5.59. The molecule has 1 amide bonds. The molecule has 0 aliphatic carbocycles. The molecule has 0 bridgehead atoms. The molecule has 1 N–H and O–H groups in total. The lowest BCUT2D eigenvalue weighted by Crippen LogP contribution is -2.31. The van der Waals surface area contributed by atoms with Crippen molar-refractivity contribution < 1.29 is 18.7 Å². The van der Waals surface area contributed by atoms with Crippen LogP contribution in [0.25, 0.3) is 0 Å². The zero-order chi connectivity index (χ0) is 19.1. The van der Waals surface area contributed by atoms with Crippen molar-refractivity contribution in [3.8, 4) is 0 Å². The molecule has 0 aliphatic rings. The number of aryl methyl sites for hydroxylation is 2. The van der Waals surface area contributed by atoms with Gasteiger partial charge in [0.25, 0.3) is 5.91 Å². The Bertz CT molecular complexity index is 739. The number of carbonyl (C=O) groups is 2. The van der Waals surface area contributed by atoms with E-state index >= 15 is 0 Å². The Kier molecular flexibility index (Phi) is 7.20. The molecule has 140 valence electrons. The van der Waals surface area contributed by atoms with Crippen LogP contribution in [0.5, 0.6) is 0 Å². The first-order chi connectivity index (χ1) is 12.4. The molecule has 2 aromatic heterocycles. The van der Waals surface area contributed by atoms with Gasteiger partial charge >= 0.3 is 5.97 Å². The van der Waals surface area contributed by atoms with Crippen LogP contribution in [0.2, 0.25) is 0 Å². The highest BCUT2D eigenvalue weighted by molar-refractivity contribution is 7.98. The highest BCUT2D eigenvalue weighted by Gasteiger charge is 2.15. The molecular weight excluding hydrogens is 354 g/mol. The molecule has 0 aliphatic heterocycles. The summed E-state index contributed by atoms with van der Waals surface area (Å²) >= 11 is 1.48. The summed E-state index contributed by atoms with van der Waals surface area (Å²) in [5, 5.41) is 3.43. The first-order valence-corrected chi connectivity index (χ1v) is 9.49. The van der Waals surface area contributed by atoms with Gasteiger partial charge in [-0.2, -0.15) is 0 Å². The standard InChI is InChI=1S/C18H23N3O4S/c1-11-14(12(2)21-18(20-11)26-4)7-8-17(23)25-10-16(22)19-13(3)15-6-5-9-24-15/h5-6,9,13H,7-8,10H2,1-4H3,(H,19,22)/t13-/m1/s1. The minimum absolute atomic E-state index is 0.171. The van der Waals surface area contributed by atoms with Crippen LogP contribution < -0.4 is 5.32 Å². The van der Waals surface area contributed by atoms with E-state index in [1.165, 1.54) is 18.0 Å². The molecule has 0 saturated carbocycles. The first-order valence-electron chi connectivity index (χ1n) is 8.27. The number of furan rings is 1. The van der Waals surface area contributed by atoms with Crippen molar-refractivity contribution >= 4 is 23.6 Å². The van der Waals surface area contributed by atoms with Crippen molar-refractivity contribution in [2.45, 2.75) is 44.8 Å². The van der Waals surface area contributed by atoms with Crippen molar-refractivity contribution in [2.75, 3.05) is 12.9 Å². The molecule has 0 saturated heterocycles. The number of carbonyl (C=O) groups excluding carboxylic acids is 2. The molecular formula is C18H23N3O4S. The average molecular weight is 377 g/mol. The van der Waals surface area contributed by atoms with Crippen LogP contribution in [0.4, 0.5) is 0 Å². The predicted molar refractivity (Wildman–Crippen MR) is 97.8 cm³/mol. The summed E-state index contributed by atoms with van der Waals surface area (Å²) in [4.78, 5) is 32.5. The van der Waals surface area contributed by atoms with E-state index in [2.05, 4.69) is 15.3 Å². The molecule has 1 atom stereocenters. The average Bonchev–Trinajstić information content (AvgIpc) is 3.13. The maximum Gasteiger partial charge on any atom is 0.306 e. The Morgan fingerprint density at radius 3 is 2.58 bits per heavy atom. The van der Waals surface area contributed by atoms with Gasteiger partial charge in [0, 0.05) is 17.8 Å². The summed E-state index contributed by atoms with van der Waals surface area (Å²) in [7, 11) is 0. The summed E-state index contributed by atoms with van der Waals surface area (Å²) in [6, 6.07) is 3.23. The number of nitrogens with one attached hydrogen (secondary N) is 1. The van der Waals surface area contributed by atoms with Crippen LogP contribution in [0.15, 0.2) is 28.0 Å². The molecule has 2 aromatic rings. The quantitative estimate of drug-likeness (QED) is 0.429. The van der Waals surface area contributed by atoms with Crippen molar-refractivity contribution in [3.05, 3.63) is 41.1 Å². The van der Waals surface area contributed by atoms with E-state index in [0.717, 1.165) is 17.0 Å². The van der Waals surface area contributed by atoms with Crippen LogP contribution in [0.3, 0.4) is 0 Å². The number of esters is 1. The summed E-state index contributed by atoms with van der Waals surface area (Å²) in [6.07, 6.45) is 4.11. The van der Waals surface area contributed by atoms with E-state index in [-0.39, 0.29) is 25.0 Å². The van der Waals surface area contributed by atoms with Crippen molar-refractivity contribution in [3.63, 3.8) is 0 Å². The molecule has 2 heterocycles. The number of rotatable bonds is 8. The van der Waals surface area contributed by atoms with Crippen LogP contribution in [-0.2, 0) is 20.7 Å². The van der Waals surface area contributed by atoms with E-state index < -0.39 is 5.97 Å². The molecule has 0 spiro atoms. The van der Waals surface area contributed by atoms with Crippen molar-refractivity contribution in [2.24, 2.45) is 0 Å². The second-order valence-electron chi connectivity index (χ2n) is 5.82. The van der Waals surface area contributed by atoms with Gasteiger partial charge < -0.3 is 14.5 Å². The van der Waals surface area contributed by atoms with E-state index in [1.807, 2.05) is 20.1 Å². The van der Waals surface area contributed by atoms with Crippen LogP contribution in [0, 0.1) is 13.8 Å². The zero-order valence-corrected chi connectivity index (χ0v) is 16.2. The fraction of sp³-hybridized carbons (Fsp3) is 0.444. The van der Waals surface area contributed by atoms with Gasteiger partial charge in [-0.25, -0.2) is 9.97 Å². The van der Waals surface area contributed by atoms with Gasteiger partial charge in [-0.15, -0.1) is 0 Å². The second kappa shape index (κ2) is 9.38. The summed E-state index contributed by atoms with van der Waals surface area (Å²) in [5.41, 5.74) is 2.66. The summed E-state index contributed by atoms with van der Waals surface area (Å²) < 4.78 is 10.3. The molecule has 0 fully saturated rings. The lowest BCUT2D eigenvalue weighted by molar-refractivity contribution is -0.148. The lowest BCUT2D eigenvalue weighted by atomic mass is 10.1. The van der Waals surface area contributed by atoms with Gasteiger partial charge in [-0.3, -0.25) is 9.59 Å². The molecule has 26 heavy (non-hydrogen) atoms. The SMILES string of the molecule is CSc1nc(C)c(CCC(=O)OCC(=O)N[C@H](C)c2ccco2)c(C)n1. The highest BCUT2D eigenvalue weighted by Crippen LogP contribution is 2.17. The lowest BCUT2D eigenvalue weighted by Gasteiger charge is -2.12. The van der Waals surface area contributed by atoms with Gasteiger partial charge in [-0.05, 0) is 51.1 Å². The topological polar surface area (TPSA) is 94.3 Å². The number of nitrogens with zero attached hydrogens (tertiary/aromatic N) is 2. The van der Waals surface area contributed by atoms with Crippen LogP contribution in [-0.4, -0.2) is 34.7 Å². The largest absolute Gasteiger partial charge is 0.467 e. The number of ether oxygens (including phenoxy) is 1. The van der Waals surface area contributed by atoms with Gasteiger partial charge in [0.05, 0.1) is 12.3 Å². The third-order valence-corrected chi connectivity index (χ3v) is 4.42. The number of aromatic nitrogens is 2. The molecule has 0 radical (unpaired) electrons. The molecule has 0 unspecified atom stereocenters. The Morgan fingerprint density at radius 1 is 1.31 bits per heavy atom. The van der Waals surface area contributed by atoms with E-state index in [4.69, 9.17) is 9.15 Å².